The molecule has 2 amide bonds. The van der Waals surface area contributed by atoms with Crippen LogP contribution < -0.4 is 11.2 Å². The van der Waals surface area contributed by atoms with E-state index in [1.165, 1.54) is 6.92 Å². The van der Waals surface area contributed by atoms with Crippen molar-refractivity contribution < 1.29 is 14.7 Å². The van der Waals surface area contributed by atoms with Gasteiger partial charge in [0.15, 0.2) is 0 Å². The van der Waals surface area contributed by atoms with E-state index in [0.717, 1.165) is 0 Å². The van der Waals surface area contributed by atoms with Crippen molar-refractivity contribution in [2.75, 3.05) is 0 Å². The lowest BCUT2D eigenvalue weighted by molar-refractivity contribution is -0.135. The average Bonchev–Trinajstić information content (AvgIpc) is 1.82. The van der Waals surface area contributed by atoms with Crippen LogP contribution in [0.3, 0.4) is 0 Å². The molecule has 0 rings (SSSR count). The molecule has 0 aliphatic rings. The van der Waals surface area contributed by atoms with Crippen LogP contribution >= 0.6 is 0 Å². The Morgan fingerprint density at radius 2 is 2.18 bits per heavy atom. The van der Waals surface area contributed by atoms with Gasteiger partial charge < -0.3 is 10.8 Å². The summed E-state index contributed by atoms with van der Waals surface area (Å²) in [6.07, 6.45) is -0.208. The van der Waals surface area contributed by atoms with Crippen LogP contribution in [-0.4, -0.2) is 22.8 Å². The van der Waals surface area contributed by atoms with Crippen molar-refractivity contribution in [1.82, 2.24) is 5.43 Å². The van der Waals surface area contributed by atoms with Gasteiger partial charge in [0.25, 0.3) is 0 Å². The molecule has 0 atom stereocenters. The number of nitrogens with one attached hydrogen (secondary N) is 1. The zero-order valence-electron chi connectivity index (χ0n) is 6.00. The fourth-order valence-corrected chi connectivity index (χ4v) is 0.409. The van der Waals surface area contributed by atoms with E-state index >= 15 is 0 Å². The average molecular weight is 159 g/mol. The Balaban J connectivity index is 3.81. The maximum absolute atomic E-state index is 10.0. The Labute approximate surface area is 63.1 Å². The minimum absolute atomic E-state index is 0.208. The number of hydrazone groups is 1. The Hall–Kier alpha value is -1.59. The Kier molecular flexibility index (Phi) is 3.65. The number of nitrogens with zero attached hydrogens (tertiary/aromatic N) is 1. The molecular formula is C5H9N3O3. The predicted octanol–water partition coefficient (Wildman–Crippen LogP) is -0.495. The van der Waals surface area contributed by atoms with Crippen molar-refractivity contribution in [3.05, 3.63) is 0 Å². The molecule has 0 saturated heterocycles. The first-order chi connectivity index (χ1) is 5.02. The molecule has 0 aromatic carbocycles. The van der Waals surface area contributed by atoms with Crippen LogP contribution in [0.2, 0.25) is 0 Å². The van der Waals surface area contributed by atoms with E-state index in [0.29, 0.717) is 0 Å². The van der Waals surface area contributed by atoms with E-state index in [9.17, 15) is 9.59 Å². The smallest absolute Gasteiger partial charge is 0.332 e. The predicted molar refractivity (Wildman–Crippen MR) is 38.1 cm³/mol. The number of hydrogen-bond acceptors (Lipinski definition) is 3. The van der Waals surface area contributed by atoms with Gasteiger partial charge in [-0.3, -0.25) is 4.79 Å². The lowest BCUT2D eigenvalue weighted by atomic mass is 10.3. The number of amides is 2. The van der Waals surface area contributed by atoms with Crippen molar-refractivity contribution in [1.29, 1.82) is 0 Å². The van der Waals surface area contributed by atoms with Crippen LogP contribution in [0.5, 0.6) is 0 Å². The summed E-state index contributed by atoms with van der Waals surface area (Å²) in [6, 6.07) is -0.810. The molecule has 11 heavy (non-hydrogen) atoms. The van der Waals surface area contributed by atoms with Crippen LogP contribution in [-0.2, 0) is 4.79 Å². The van der Waals surface area contributed by atoms with Crippen molar-refractivity contribution >= 4 is 17.7 Å². The third-order valence-electron chi connectivity index (χ3n) is 0.764. The zero-order chi connectivity index (χ0) is 8.85. The molecule has 0 fully saturated rings. The molecule has 0 aliphatic heterocycles. The van der Waals surface area contributed by atoms with Crippen molar-refractivity contribution in [3.8, 4) is 0 Å². The molecule has 0 aliphatic carbocycles. The molecule has 0 saturated carbocycles. The van der Waals surface area contributed by atoms with Crippen LogP contribution in [0.1, 0.15) is 13.3 Å². The van der Waals surface area contributed by atoms with Crippen molar-refractivity contribution in [2.45, 2.75) is 13.3 Å². The van der Waals surface area contributed by atoms with Crippen LogP contribution in [0.15, 0.2) is 5.10 Å². The maximum atomic E-state index is 10.0. The molecule has 0 unspecified atom stereocenters. The number of primary amides is 1. The number of carbonyl (C=O) groups is 2. The van der Waals surface area contributed by atoms with E-state index in [1.807, 2.05) is 5.43 Å². The van der Waals surface area contributed by atoms with Gasteiger partial charge in [-0.25, -0.2) is 10.2 Å². The Morgan fingerprint density at radius 3 is 2.55 bits per heavy atom. The molecule has 0 spiro atoms. The summed E-state index contributed by atoms with van der Waals surface area (Å²) in [5.74, 6) is -1.00. The molecule has 62 valence electrons. The van der Waals surface area contributed by atoms with E-state index in [1.54, 1.807) is 0 Å². The van der Waals surface area contributed by atoms with Crippen LogP contribution in [0.25, 0.3) is 0 Å². The molecule has 0 radical (unpaired) electrons. The number of carboxylic acids is 1. The van der Waals surface area contributed by atoms with E-state index < -0.39 is 12.0 Å². The summed E-state index contributed by atoms with van der Waals surface area (Å²) in [4.78, 5) is 20.1. The SMILES string of the molecule is CC(CC(=O)O)=NNC(N)=O. The second kappa shape index (κ2) is 4.26. The fraction of sp³-hybridized carbons (Fsp3) is 0.400. The summed E-state index contributed by atoms with van der Waals surface area (Å²) in [7, 11) is 0. The molecule has 6 nitrogen and oxygen atoms in total. The summed E-state index contributed by atoms with van der Waals surface area (Å²) in [6.45, 7) is 1.48. The Morgan fingerprint density at radius 1 is 1.64 bits per heavy atom. The topological polar surface area (TPSA) is 105 Å². The molecule has 4 N–H and O–H groups in total. The summed E-state index contributed by atoms with van der Waals surface area (Å²) in [5, 5.41) is 11.6. The minimum atomic E-state index is -1.00. The molecule has 0 bridgehead atoms. The molecule has 0 aromatic heterocycles. The summed E-state index contributed by atoms with van der Waals surface area (Å²) < 4.78 is 0. The first kappa shape index (κ1) is 9.41. The molecule has 6 heteroatoms. The van der Waals surface area contributed by atoms with E-state index in [4.69, 9.17) is 5.11 Å². The molecule has 0 aromatic rings. The first-order valence-electron chi connectivity index (χ1n) is 2.82. The quantitative estimate of drug-likeness (QED) is 0.382. The van der Waals surface area contributed by atoms with E-state index in [-0.39, 0.29) is 12.1 Å². The second-order valence-electron chi connectivity index (χ2n) is 1.89. The highest BCUT2D eigenvalue weighted by atomic mass is 16.4. The highest BCUT2D eigenvalue weighted by Crippen LogP contribution is 1.83. The van der Waals surface area contributed by atoms with Gasteiger partial charge in [0.1, 0.15) is 0 Å². The third kappa shape index (κ3) is 6.29. The lowest BCUT2D eigenvalue weighted by Crippen LogP contribution is -2.25. The molecular weight excluding hydrogens is 150 g/mol. The summed E-state index contributed by atoms with van der Waals surface area (Å²) in [5.41, 5.74) is 6.87. The van der Waals surface area contributed by atoms with Gasteiger partial charge in [0, 0.05) is 5.71 Å². The summed E-state index contributed by atoms with van der Waals surface area (Å²) >= 11 is 0. The number of carboxylic acid groups (broad SMARTS) is 1. The number of nitrogens with two attached hydrogens (primary N) is 1. The number of carbonyl (C=O) groups excluding carboxylic acids is 1. The number of urea groups is 1. The molecule has 0 heterocycles. The lowest BCUT2D eigenvalue weighted by Gasteiger charge is -1.94. The normalized spacial score (nSPS) is 10.8. The van der Waals surface area contributed by atoms with Crippen molar-refractivity contribution in [2.24, 2.45) is 10.8 Å². The number of rotatable bonds is 3. The zero-order valence-corrected chi connectivity index (χ0v) is 6.00. The van der Waals surface area contributed by atoms with Gasteiger partial charge in [-0.15, -0.1) is 0 Å². The van der Waals surface area contributed by atoms with Gasteiger partial charge in [0.2, 0.25) is 0 Å². The first-order valence-corrected chi connectivity index (χ1v) is 2.82. The highest BCUT2D eigenvalue weighted by Gasteiger charge is 1.99. The maximum Gasteiger partial charge on any atom is 0.332 e. The van der Waals surface area contributed by atoms with Gasteiger partial charge >= 0.3 is 12.0 Å². The van der Waals surface area contributed by atoms with Gasteiger partial charge in [-0.05, 0) is 6.92 Å². The van der Waals surface area contributed by atoms with Gasteiger partial charge in [0.05, 0.1) is 6.42 Å². The fourth-order valence-electron chi connectivity index (χ4n) is 0.409. The second-order valence-corrected chi connectivity index (χ2v) is 1.89. The van der Waals surface area contributed by atoms with E-state index in [2.05, 4.69) is 10.8 Å². The number of hydrogen-bond donors (Lipinski definition) is 3. The Bertz CT molecular complexity index is 199. The van der Waals surface area contributed by atoms with Crippen molar-refractivity contribution in [3.63, 3.8) is 0 Å². The van der Waals surface area contributed by atoms with Crippen LogP contribution in [0, 0.1) is 0 Å². The standard InChI is InChI=1S/C5H9N3O3/c1-3(2-4(9)10)7-8-5(6)11/h2H2,1H3,(H,9,10)(H3,6,8,11). The monoisotopic (exact) mass is 159 g/mol. The number of aliphatic carboxylic acids is 1. The van der Waals surface area contributed by atoms with Crippen LogP contribution in [0.4, 0.5) is 4.79 Å². The van der Waals surface area contributed by atoms with Gasteiger partial charge in [-0.2, -0.15) is 5.10 Å². The van der Waals surface area contributed by atoms with Gasteiger partial charge in [-0.1, -0.05) is 0 Å². The minimum Gasteiger partial charge on any atom is -0.481 e. The third-order valence-corrected chi connectivity index (χ3v) is 0.764. The highest BCUT2D eigenvalue weighted by molar-refractivity contribution is 5.97. The largest absolute Gasteiger partial charge is 0.481 e.